The third-order valence-corrected chi connectivity index (χ3v) is 6.12. The van der Waals surface area contributed by atoms with E-state index in [-0.39, 0.29) is 5.56 Å². The minimum absolute atomic E-state index is 0.156. The molecule has 30 heavy (non-hydrogen) atoms. The smallest absolute Gasteiger partial charge is 0.278 e. The fourth-order valence-corrected chi connectivity index (χ4v) is 4.55. The van der Waals surface area contributed by atoms with Gasteiger partial charge in [-0.2, -0.15) is 4.68 Å². The average molecular weight is 420 g/mol. The van der Waals surface area contributed by atoms with Gasteiger partial charge >= 0.3 is 0 Å². The number of benzene rings is 2. The van der Waals surface area contributed by atoms with E-state index < -0.39 is 0 Å². The Hall–Kier alpha value is -3.04. The Morgan fingerprint density at radius 1 is 0.900 bits per heavy atom. The highest BCUT2D eigenvalue weighted by atomic mass is 32.2. The van der Waals surface area contributed by atoms with Crippen LogP contribution in [0.25, 0.3) is 16.6 Å². The van der Waals surface area contributed by atoms with Crippen molar-refractivity contribution in [1.29, 1.82) is 0 Å². The van der Waals surface area contributed by atoms with Gasteiger partial charge in [-0.3, -0.25) is 14.3 Å². The fourth-order valence-electron chi connectivity index (χ4n) is 3.70. The first-order valence-electron chi connectivity index (χ1n) is 9.97. The Labute approximate surface area is 177 Å². The maximum atomic E-state index is 12.7. The zero-order chi connectivity index (χ0) is 20.3. The second kappa shape index (κ2) is 8.37. The number of hydrogen-bond donors (Lipinski definition) is 0. The second-order valence-electron chi connectivity index (χ2n) is 7.24. The number of fused-ring (bicyclic) bond motifs is 1. The predicted octanol–water partition coefficient (Wildman–Crippen LogP) is 2.72. The molecule has 9 heteroatoms. The Balaban J connectivity index is 1.45. The van der Waals surface area contributed by atoms with Crippen LogP contribution in [-0.4, -0.2) is 47.7 Å². The number of thioether (sulfide) groups is 1. The van der Waals surface area contributed by atoms with Crippen molar-refractivity contribution in [2.45, 2.75) is 30.4 Å². The Bertz CT molecular complexity index is 1210. The van der Waals surface area contributed by atoms with Crippen LogP contribution >= 0.6 is 11.8 Å². The quantitative estimate of drug-likeness (QED) is 0.445. The molecule has 0 unspecified atom stereocenters. The van der Waals surface area contributed by atoms with Crippen LogP contribution < -0.4 is 5.56 Å². The third-order valence-electron chi connectivity index (χ3n) is 5.22. The molecule has 0 amide bonds. The molecule has 2 aromatic carbocycles. The highest BCUT2D eigenvalue weighted by molar-refractivity contribution is 7.98. The fraction of sp³-hybridized carbons (Fsp3) is 0.286. The molecular formula is C21H21N7OS. The number of para-hydroxylation sites is 1. The van der Waals surface area contributed by atoms with Crippen molar-refractivity contribution < 1.29 is 0 Å². The van der Waals surface area contributed by atoms with Gasteiger partial charge in [-0.1, -0.05) is 47.3 Å². The van der Waals surface area contributed by atoms with E-state index in [1.165, 1.54) is 29.3 Å². The average Bonchev–Trinajstić information content (AvgIpc) is 3.44. The zero-order valence-electron chi connectivity index (χ0n) is 16.4. The molecule has 8 nitrogen and oxygen atoms in total. The van der Waals surface area contributed by atoms with E-state index in [4.69, 9.17) is 0 Å². The first kappa shape index (κ1) is 19.0. The molecule has 0 atom stereocenters. The molecule has 0 N–H and O–H groups in total. The maximum Gasteiger partial charge on any atom is 0.278 e. The minimum atomic E-state index is -0.156. The van der Waals surface area contributed by atoms with Gasteiger partial charge in [0.25, 0.3) is 5.56 Å². The Morgan fingerprint density at radius 2 is 1.67 bits per heavy atom. The van der Waals surface area contributed by atoms with Crippen LogP contribution in [0.5, 0.6) is 0 Å². The van der Waals surface area contributed by atoms with Gasteiger partial charge in [-0.05, 0) is 50.2 Å². The summed E-state index contributed by atoms with van der Waals surface area (Å²) >= 11 is 1.43. The Morgan fingerprint density at radius 3 is 2.50 bits per heavy atom. The molecule has 0 bridgehead atoms. The molecule has 1 fully saturated rings. The molecule has 2 aromatic heterocycles. The monoisotopic (exact) mass is 419 g/mol. The molecule has 0 aliphatic carbocycles. The van der Waals surface area contributed by atoms with Gasteiger partial charge in [-0.15, -0.1) is 15.3 Å². The van der Waals surface area contributed by atoms with E-state index in [2.05, 4.69) is 30.0 Å². The van der Waals surface area contributed by atoms with Crippen molar-refractivity contribution in [3.63, 3.8) is 0 Å². The van der Waals surface area contributed by atoms with E-state index in [1.54, 1.807) is 12.1 Å². The summed E-state index contributed by atoms with van der Waals surface area (Å²) in [5.41, 5.74) is 1.46. The second-order valence-corrected chi connectivity index (χ2v) is 8.15. The topological polar surface area (TPSA) is 81.7 Å². The van der Waals surface area contributed by atoms with Crippen molar-refractivity contribution in [3.05, 3.63) is 70.8 Å². The van der Waals surface area contributed by atoms with Crippen LogP contribution in [0.4, 0.5) is 0 Å². The van der Waals surface area contributed by atoms with Gasteiger partial charge in [0.2, 0.25) is 0 Å². The molecule has 152 valence electrons. The van der Waals surface area contributed by atoms with E-state index in [0.717, 1.165) is 36.3 Å². The van der Waals surface area contributed by atoms with Crippen molar-refractivity contribution in [2.24, 2.45) is 0 Å². The lowest BCUT2D eigenvalue weighted by Crippen LogP contribution is -2.23. The lowest BCUT2D eigenvalue weighted by atomic mass is 10.2. The van der Waals surface area contributed by atoms with E-state index in [0.29, 0.717) is 16.8 Å². The summed E-state index contributed by atoms with van der Waals surface area (Å²) < 4.78 is 3.44. The van der Waals surface area contributed by atoms with Gasteiger partial charge in [-0.25, -0.2) is 0 Å². The zero-order valence-corrected chi connectivity index (χ0v) is 17.2. The van der Waals surface area contributed by atoms with Crippen LogP contribution in [0.1, 0.15) is 18.7 Å². The summed E-state index contributed by atoms with van der Waals surface area (Å²) in [6, 6.07) is 17.3. The lowest BCUT2D eigenvalue weighted by Gasteiger charge is -2.16. The molecule has 5 rings (SSSR count). The highest BCUT2D eigenvalue weighted by Gasteiger charge is 2.19. The molecular weight excluding hydrogens is 398 g/mol. The number of nitrogens with zero attached hydrogens (tertiary/aromatic N) is 7. The SMILES string of the molecule is O=c1c2ccccc2nnn1CSc1nnc(CN2CCCC2)n1-c1ccccc1. The molecule has 3 heterocycles. The first-order chi connectivity index (χ1) is 14.8. The summed E-state index contributed by atoms with van der Waals surface area (Å²) in [5, 5.41) is 18.4. The molecule has 1 saturated heterocycles. The van der Waals surface area contributed by atoms with E-state index in [1.807, 2.05) is 42.5 Å². The van der Waals surface area contributed by atoms with Gasteiger partial charge in [0.1, 0.15) is 5.52 Å². The van der Waals surface area contributed by atoms with Crippen molar-refractivity contribution >= 4 is 22.7 Å². The summed E-state index contributed by atoms with van der Waals surface area (Å²) in [6.45, 7) is 2.94. The maximum absolute atomic E-state index is 12.7. The molecule has 0 saturated carbocycles. The van der Waals surface area contributed by atoms with Crippen LogP contribution in [0, 0.1) is 0 Å². The molecule has 1 aliphatic rings. The lowest BCUT2D eigenvalue weighted by molar-refractivity contribution is 0.319. The number of likely N-dealkylation sites (tertiary alicyclic amines) is 1. The van der Waals surface area contributed by atoms with Crippen molar-refractivity contribution in [1.82, 2.24) is 34.7 Å². The van der Waals surface area contributed by atoms with Gasteiger partial charge in [0.05, 0.1) is 17.8 Å². The molecule has 0 radical (unpaired) electrons. The van der Waals surface area contributed by atoms with Crippen molar-refractivity contribution in [3.8, 4) is 5.69 Å². The van der Waals surface area contributed by atoms with Crippen molar-refractivity contribution in [2.75, 3.05) is 13.1 Å². The first-order valence-corrected chi connectivity index (χ1v) is 11.0. The van der Waals surface area contributed by atoms with Gasteiger partial charge in [0, 0.05) is 5.69 Å². The number of hydrogen-bond acceptors (Lipinski definition) is 7. The highest BCUT2D eigenvalue weighted by Crippen LogP contribution is 2.24. The largest absolute Gasteiger partial charge is 0.296 e. The standard InChI is InChI=1S/C21H21N7OS/c29-20-17-10-4-5-11-18(17)22-25-27(20)15-30-21-24-23-19(14-26-12-6-7-13-26)28(21)16-8-2-1-3-9-16/h1-5,8-11H,6-7,12-15H2. The molecule has 0 spiro atoms. The normalized spacial score (nSPS) is 14.5. The molecule has 1 aliphatic heterocycles. The third kappa shape index (κ3) is 3.73. The summed E-state index contributed by atoms with van der Waals surface area (Å²) in [6.07, 6.45) is 2.45. The summed E-state index contributed by atoms with van der Waals surface area (Å²) in [4.78, 5) is 15.1. The predicted molar refractivity (Wildman–Crippen MR) is 116 cm³/mol. The minimum Gasteiger partial charge on any atom is -0.296 e. The Kier molecular flexibility index (Phi) is 5.29. The van der Waals surface area contributed by atoms with Crippen LogP contribution in [0.3, 0.4) is 0 Å². The van der Waals surface area contributed by atoms with Gasteiger partial charge < -0.3 is 0 Å². The van der Waals surface area contributed by atoms with Crippen LogP contribution in [0.15, 0.2) is 64.5 Å². The summed E-state index contributed by atoms with van der Waals surface area (Å²) in [5.74, 6) is 1.22. The van der Waals surface area contributed by atoms with Gasteiger partial charge in [0.15, 0.2) is 11.0 Å². The van der Waals surface area contributed by atoms with E-state index >= 15 is 0 Å². The molecule has 4 aromatic rings. The van der Waals surface area contributed by atoms with Crippen LogP contribution in [-0.2, 0) is 12.4 Å². The number of aromatic nitrogens is 6. The van der Waals surface area contributed by atoms with E-state index in [9.17, 15) is 4.79 Å². The van der Waals surface area contributed by atoms with Crippen LogP contribution in [0.2, 0.25) is 0 Å². The summed E-state index contributed by atoms with van der Waals surface area (Å²) in [7, 11) is 0. The number of rotatable bonds is 6.